The van der Waals surface area contributed by atoms with Crippen molar-refractivity contribution in [3.8, 4) is 5.69 Å². The van der Waals surface area contributed by atoms with Crippen molar-refractivity contribution in [2.45, 2.75) is 13.0 Å². The largest absolute Gasteiger partial charge is 0.442 e. The van der Waals surface area contributed by atoms with Crippen LogP contribution in [0.25, 0.3) is 5.69 Å². The normalized spacial score (nSPS) is 16.9. The van der Waals surface area contributed by atoms with Crippen LogP contribution < -0.4 is 10.2 Å². The second-order valence-electron chi connectivity index (χ2n) is 5.52. The summed E-state index contributed by atoms with van der Waals surface area (Å²) in [7, 11) is 0. The first-order valence-electron chi connectivity index (χ1n) is 7.60. The van der Waals surface area contributed by atoms with Crippen LogP contribution in [-0.4, -0.2) is 57.6 Å². The van der Waals surface area contributed by atoms with Crippen molar-refractivity contribution in [2.24, 2.45) is 5.16 Å². The number of nitrogens with zero attached hydrogens (tertiary/aromatic N) is 5. The highest BCUT2D eigenvalue weighted by molar-refractivity contribution is 5.90. The van der Waals surface area contributed by atoms with Crippen molar-refractivity contribution < 1.29 is 23.9 Å². The molecule has 1 fully saturated rings. The summed E-state index contributed by atoms with van der Waals surface area (Å²) in [5.74, 6) is -0.855. The Bertz CT molecular complexity index is 868. The molecule has 0 saturated carbocycles. The average Bonchev–Trinajstić information content (AvgIpc) is 3.20. The summed E-state index contributed by atoms with van der Waals surface area (Å²) in [6.45, 7) is 1.75. The lowest BCUT2D eigenvalue weighted by Crippen LogP contribution is -2.33. The Morgan fingerprint density at radius 1 is 1.58 bits per heavy atom. The predicted octanol–water partition coefficient (Wildman–Crippen LogP) is 0.676. The van der Waals surface area contributed by atoms with Gasteiger partial charge in [-0.2, -0.15) is 0 Å². The first-order chi connectivity index (χ1) is 12.5. The smallest absolute Gasteiger partial charge is 0.414 e. The van der Waals surface area contributed by atoms with Crippen LogP contribution in [0.15, 0.2) is 29.6 Å². The zero-order chi connectivity index (χ0) is 18.7. The molecule has 1 aromatic carbocycles. The van der Waals surface area contributed by atoms with Crippen molar-refractivity contribution in [3.05, 3.63) is 35.9 Å². The van der Waals surface area contributed by atoms with E-state index in [4.69, 9.17) is 9.94 Å². The lowest BCUT2D eigenvalue weighted by atomic mass is 10.2. The minimum absolute atomic E-state index is 0.112. The maximum atomic E-state index is 14.5. The number of ether oxygens (including phenoxy) is 1. The number of halogens is 1. The third kappa shape index (κ3) is 3.61. The predicted molar refractivity (Wildman–Crippen MR) is 87.0 cm³/mol. The molecule has 136 valence electrons. The van der Waals surface area contributed by atoms with Gasteiger partial charge in [0.1, 0.15) is 17.5 Å². The van der Waals surface area contributed by atoms with Crippen LogP contribution in [0.4, 0.5) is 14.9 Å². The van der Waals surface area contributed by atoms with Gasteiger partial charge in [0, 0.05) is 6.92 Å². The maximum Gasteiger partial charge on any atom is 0.414 e. The fraction of sp³-hybridized carbons (Fsp3) is 0.267. The van der Waals surface area contributed by atoms with Gasteiger partial charge in [0.05, 0.1) is 31.2 Å². The molecule has 0 spiro atoms. The second-order valence-corrected chi connectivity index (χ2v) is 5.52. The Morgan fingerprint density at radius 3 is 3.08 bits per heavy atom. The summed E-state index contributed by atoms with van der Waals surface area (Å²) in [6, 6.07) is 4.16. The zero-order valence-corrected chi connectivity index (χ0v) is 13.7. The van der Waals surface area contributed by atoms with Crippen molar-refractivity contribution in [1.29, 1.82) is 0 Å². The van der Waals surface area contributed by atoms with Gasteiger partial charge in [-0.05, 0) is 18.2 Å². The number of cyclic esters (lactones) is 1. The molecule has 2 amide bonds. The molecule has 3 rings (SSSR count). The number of aromatic nitrogens is 3. The molecule has 11 heteroatoms. The van der Waals surface area contributed by atoms with Crippen LogP contribution in [-0.2, 0) is 9.53 Å². The minimum Gasteiger partial charge on any atom is -0.442 e. The highest BCUT2D eigenvalue weighted by Crippen LogP contribution is 2.25. The molecule has 0 bridgehead atoms. The van der Waals surface area contributed by atoms with E-state index in [1.54, 1.807) is 6.07 Å². The van der Waals surface area contributed by atoms with Crippen LogP contribution in [0.2, 0.25) is 0 Å². The van der Waals surface area contributed by atoms with E-state index in [2.05, 4.69) is 20.8 Å². The van der Waals surface area contributed by atoms with E-state index in [1.165, 1.54) is 34.8 Å². The number of anilines is 1. The quantitative estimate of drug-likeness (QED) is 0.458. The Hall–Kier alpha value is -3.50. The maximum absolute atomic E-state index is 14.5. The SMILES string of the molecule is CC(=O)NC[C@H]1CN(c2ccc(-n3cc(/C=N/O)nn3)c(F)c2)C(=O)O1. The van der Waals surface area contributed by atoms with Crippen LogP contribution in [0.3, 0.4) is 0 Å². The molecule has 2 heterocycles. The minimum atomic E-state index is -0.627. The number of carbonyl (C=O) groups excluding carboxylic acids is 2. The summed E-state index contributed by atoms with van der Waals surface area (Å²) in [5, 5.41) is 21.3. The molecule has 0 radical (unpaired) electrons. The van der Waals surface area contributed by atoms with E-state index in [0.717, 1.165) is 6.21 Å². The first kappa shape index (κ1) is 17.3. The molecule has 1 aliphatic rings. The number of oxime groups is 1. The van der Waals surface area contributed by atoms with Gasteiger partial charge in [-0.3, -0.25) is 9.69 Å². The molecule has 0 unspecified atom stereocenters. The fourth-order valence-corrected chi connectivity index (χ4v) is 2.46. The molecular weight excluding hydrogens is 347 g/mol. The first-order valence-corrected chi connectivity index (χ1v) is 7.60. The lowest BCUT2D eigenvalue weighted by Gasteiger charge is -2.14. The number of amides is 2. The number of carbonyl (C=O) groups is 2. The van der Waals surface area contributed by atoms with Gasteiger partial charge < -0.3 is 15.3 Å². The van der Waals surface area contributed by atoms with Gasteiger partial charge in [-0.25, -0.2) is 13.9 Å². The molecule has 26 heavy (non-hydrogen) atoms. The molecule has 10 nitrogen and oxygen atoms in total. The molecular formula is C15H15FN6O4. The molecule has 2 aromatic rings. The van der Waals surface area contributed by atoms with Crippen LogP contribution in [0.5, 0.6) is 0 Å². The Morgan fingerprint density at radius 2 is 2.38 bits per heavy atom. The van der Waals surface area contributed by atoms with Gasteiger partial charge in [-0.1, -0.05) is 10.4 Å². The van der Waals surface area contributed by atoms with E-state index < -0.39 is 18.0 Å². The molecule has 0 aliphatic carbocycles. The number of benzene rings is 1. The Balaban J connectivity index is 1.76. The van der Waals surface area contributed by atoms with Gasteiger partial charge >= 0.3 is 6.09 Å². The van der Waals surface area contributed by atoms with Crippen LogP contribution in [0, 0.1) is 5.82 Å². The Labute approximate surface area is 146 Å². The molecule has 2 N–H and O–H groups in total. The van der Waals surface area contributed by atoms with E-state index >= 15 is 0 Å². The van der Waals surface area contributed by atoms with Crippen LogP contribution >= 0.6 is 0 Å². The van der Waals surface area contributed by atoms with E-state index in [9.17, 15) is 14.0 Å². The van der Waals surface area contributed by atoms with E-state index in [-0.39, 0.29) is 30.4 Å². The molecule has 1 saturated heterocycles. The van der Waals surface area contributed by atoms with Crippen molar-refractivity contribution in [1.82, 2.24) is 20.3 Å². The zero-order valence-electron chi connectivity index (χ0n) is 13.7. The average molecular weight is 362 g/mol. The van der Waals surface area contributed by atoms with E-state index in [0.29, 0.717) is 5.69 Å². The highest BCUT2D eigenvalue weighted by Gasteiger charge is 2.32. The summed E-state index contributed by atoms with van der Waals surface area (Å²) in [4.78, 5) is 24.2. The summed E-state index contributed by atoms with van der Waals surface area (Å²) in [5.41, 5.74) is 0.681. The van der Waals surface area contributed by atoms with Gasteiger partial charge in [0.15, 0.2) is 5.82 Å². The summed E-state index contributed by atoms with van der Waals surface area (Å²) < 4.78 is 20.8. The van der Waals surface area contributed by atoms with Gasteiger partial charge in [-0.15, -0.1) is 5.10 Å². The third-order valence-electron chi connectivity index (χ3n) is 3.64. The monoisotopic (exact) mass is 362 g/mol. The van der Waals surface area contributed by atoms with Crippen molar-refractivity contribution >= 4 is 23.9 Å². The number of nitrogens with one attached hydrogen (secondary N) is 1. The van der Waals surface area contributed by atoms with Crippen molar-refractivity contribution in [2.75, 3.05) is 18.0 Å². The number of hydrogen-bond acceptors (Lipinski definition) is 7. The molecule has 1 aliphatic heterocycles. The van der Waals surface area contributed by atoms with Gasteiger partial charge in [0.2, 0.25) is 5.91 Å². The topological polar surface area (TPSA) is 122 Å². The fourth-order valence-electron chi connectivity index (χ4n) is 2.46. The molecule has 1 aromatic heterocycles. The summed E-state index contributed by atoms with van der Waals surface area (Å²) in [6.07, 6.45) is 1.32. The summed E-state index contributed by atoms with van der Waals surface area (Å²) >= 11 is 0. The highest BCUT2D eigenvalue weighted by atomic mass is 19.1. The van der Waals surface area contributed by atoms with E-state index in [1.807, 2.05) is 0 Å². The number of rotatable bonds is 5. The standard InChI is InChI=1S/C15H15FN6O4/c1-9(23)17-6-12-8-21(15(24)26-12)11-2-3-14(13(16)4-11)22-7-10(5-18-25)19-20-22/h2-5,7,12,25H,6,8H2,1H3,(H,17,23)/b18-5+/t12-/m0/s1. The number of hydrogen-bond donors (Lipinski definition) is 2. The van der Waals surface area contributed by atoms with Gasteiger partial charge in [0.25, 0.3) is 0 Å². The van der Waals surface area contributed by atoms with Crippen molar-refractivity contribution in [3.63, 3.8) is 0 Å². The van der Waals surface area contributed by atoms with Crippen LogP contribution in [0.1, 0.15) is 12.6 Å². The molecule has 1 atom stereocenters. The third-order valence-corrected chi connectivity index (χ3v) is 3.64. The Kier molecular flexibility index (Phi) is 4.78. The second kappa shape index (κ2) is 7.17. The lowest BCUT2D eigenvalue weighted by molar-refractivity contribution is -0.119.